The number of hydrogen-bond donors (Lipinski definition) is 0. The first-order chi connectivity index (χ1) is 12.1. The highest BCUT2D eigenvalue weighted by Gasteiger charge is 2.41. The van der Waals surface area contributed by atoms with Gasteiger partial charge in [0.1, 0.15) is 12.1 Å². The minimum Gasteiger partial charge on any atom is -0.485 e. The summed E-state index contributed by atoms with van der Waals surface area (Å²) in [5.41, 5.74) is 0. The van der Waals surface area contributed by atoms with Crippen molar-refractivity contribution in [1.29, 1.82) is 0 Å². The molecule has 2 atom stereocenters. The van der Waals surface area contributed by atoms with Gasteiger partial charge in [-0.1, -0.05) is 18.2 Å². The van der Waals surface area contributed by atoms with Crippen LogP contribution in [0.5, 0.6) is 5.75 Å². The van der Waals surface area contributed by atoms with E-state index in [4.69, 9.17) is 9.47 Å². The normalized spacial score (nSPS) is 19.7. The van der Waals surface area contributed by atoms with Gasteiger partial charge in [0.05, 0.1) is 20.1 Å². The highest BCUT2D eigenvalue weighted by Crippen LogP contribution is 2.26. The molecule has 3 rings (SSSR count). The number of amides is 1. The zero-order chi connectivity index (χ0) is 17.8. The standard InChI is InChI=1S/C18H18FNO4S/c1-23-18(22)15-9-12(24-16-7-3-2-6-14(16)19)11-20(15)17(21)10-13-5-4-8-25-13/h2-8,12,15H,9-11H2,1H3/t12-,15+/m0/s1. The summed E-state index contributed by atoms with van der Waals surface area (Å²) in [6.45, 7) is 0.221. The zero-order valence-corrected chi connectivity index (χ0v) is 14.5. The topological polar surface area (TPSA) is 55.8 Å². The summed E-state index contributed by atoms with van der Waals surface area (Å²) in [7, 11) is 1.29. The van der Waals surface area contributed by atoms with Gasteiger partial charge in [-0.2, -0.15) is 0 Å². The van der Waals surface area contributed by atoms with Crippen molar-refractivity contribution in [1.82, 2.24) is 4.90 Å². The number of ether oxygens (including phenoxy) is 2. The van der Waals surface area contributed by atoms with Crippen LogP contribution in [0.15, 0.2) is 41.8 Å². The van der Waals surface area contributed by atoms with E-state index in [9.17, 15) is 14.0 Å². The van der Waals surface area contributed by atoms with Gasteiger partial charge < -0.3 is 14.4 Å². The fraction of sp³-hybridized carbons (Fsp3) is 0.333. The molecule has 0 radical (unpaired) electrons. The van der Waals surface area contributed by atoms with Gasteiger partial charge in [-0.3, -0.25) is 4.79 Å². The molecule has 1 fully saturated rings. The molecule has 1 aromatic carbocycles. The second kappa shape index (κ2) is 7.65. The highest BCUT2D eigenvalue weighted by atomic mass is 32.1. The average molecular weight is 363 g/mol. The van der Waals surface area contributed by atoms with Crippen LogP contribution in [0.2, 0.25) is 0 Å². The van der Waals surface area contributed by atoms with Crippen molar-refractivity contribution in [3.63, 3.8) is 0 Å². The van der Waals surface area contributed by atoms with Crippen molar-refractivity contribution in [2.75, 3.05) is 13.7 Å². The van der Waals surface area contributed by atoms with Crippen molar-refractivity contribution in [3.05, 3.63) is 52.5 Å². The fourth-order valence-electron chi connectivity index (χ4n) is 2.90. The third-order valence-electron chi connectivity index (χ3n) is 4.09. The van der Waals surface area contributed by atoms with Gasteiger partial charge in [0, 0.05) is 11.3 Å². The van der Waals surface area contributed by atoms with Crippen molar-refractivity contribution < 1.29 is 23.5 Å². The molecular formula is C18H18FNO4S. The van der Waals surface area contributed by atoms with E-state index in [1.54, 1.807) is 12.1 Å². The van der Waals surface area contributed by atoms with Gasteiger partial charge in [0.2, 0.25) is 5.91 Å². The van der Waals surface area contributed by atoms with E-state index in [-0.39, 0.29) is 31.0 Å². The Morgan fingerprint density at radius 2 is 2.08 bits per heavy atom. The molecule has 1 amide bonds. The number of esters is 1. The van der Waals surface area contributed by atoms with Crippen molar-refractivity contribution in [3.8, 4) is 5.75 Å². The summed E-state index contributed by atoms with van der Waals surface area (Å²) in [6.07, 6.45) is 0.0303. The lowest BCUT2D eigenvalue weighted by Gasteiger charge is -2.22. The molecule has 2 heterocycles. The molecule has 1 aromatic heterocycles. The summed E-state index contributed by atoms with van der Waals surface area (Å²) < 4.78 is 24.3. The lowest BCUT2D eigenvalue weighted by atomic mass is 10.2. The van der Waals surface area contributed by atoms with Gasteiger partial charge in [-0.15, -0.1) is 11.3 Å². The summed E-state index contributed by atoms with van der Waals surface area (Å²) >= 11 is 1.49. The van der Waals surface area contributed by atoms with Crippen molar-refractivity contribution in [2.24, 2.45) is 0 Å². The Kier molecular flexibility index (Phi) is 5.33. The molecule has 0 saturated carbocycles. The molecule has 0 N–H and O–H groups in total. The van der Waals surface area contributed by atoms with E-state index >= 15 is 0 Å². The molecule has 1 saturated heterocycles. The Morgan fingerprint density at radius 1 is 1.28 bits per heavy atom. The van der Waals surface area contributed by atoms with E-state index in [0.717, 1.165) is 4.88 Å². The van der Waals surface area contributed by atoms with Crippen LogP contribution in [0.25, 0.3) is 0 Å². The Labute approximate surface area is 149 Å². The smallest absolute Gasteiger partial charge is 0.328 e. The predicted octanol–water partition coefficient (Wildman–Crippen LogP) is 2.65. The Hall–Kier alpha value is -2.41. The first-order valence-corrected chi connectivity index (χ1v) is 8.77. The first-order valence-electron chi connectivity index (χ1n) is 7.89. The third kappa shape index (κ3) is 3.99. The summed E-state index contributed by atoms with van der Waals surface area (Å²) in [6, 6.07) is 9.11. The van der Waals surface area contributed by atoms with Crippen LogP contribution in [0.1, 0.15) is 11.3 Å². The maximum atomic E-state index is 13.8. The number of methoxy groups -OCH3 is 1. The van der Waals surface area contributed by atoms with E-state index in [0.29, 0.717) is 0 Å². The molecule has 2 aromatic rings. The molecule has 0 unspecified atom stereocenters. The van der Waals surface area contributed by atoms with E-state index in [1.165, 1.54) is 35.5 Å². The van der Waals surface area contributed by atoms with Gasteiger partial charge in [0.25, 0.3) is 0 Å². The van der Waals surface area contributed by atoms with Crippen molar-refractivity contribution in [2.45, 2.75) is 25.0 Å². The number of likely N-dealkylation sites (tertiary alicyclic amines) is 1. The number of thiophene rings is 1. The minimum absolute atomic E-state index is 0.115. The Balaban J connectivity index is 1.73. The first kappa shape index (κ1) is 17.4. The van der Waals surface area contributed by atoms with Crippen LogP contribution in [0.3, 0.4) is 0 Å². The highest BCUT2D eigenvalue weighted by molar-refractivity contribution is 7.10. The van der Waals surface area contributed by atoms with Gasteiger partial charge in [-0.25, -0.2) is 9.18 Å². The number of halogens is 1. The number of carbonyl (C=O) groups is 2. The van der Waals surface area contributed by atoms with Gasteiger partial charge >= 0.3 is 5.97 Å². The lowest BCUT2D eigenvalue weighted by molar-refractivity contribution is -0.150. The van der Waals surface area contributed by atoms with Gasteiger partial charge in [-0.05, 0) is 23.6 Å². The number of para-hydroxylation sites is 1. The molecule has 0 aliphatic carbocycles. The quantitative estimate of drug-likeness (QED) is 0.767. The maximum absolute atomic E-state index is 13.8. The van der Waals surface area contributed by atoms with Crippen LogP contribution in [0.4, 0.5) is 4.39 Å². The van der Waals surface area contributed by atoms with E-state index < -0.39 is 23.9 Å². The van der Waals surface area contributed by atoms with Crippen LogP contribution in [-0.2, 0) is 20.7 Å². The molecule has 5 nitrogen and oxygen atoms in total. The SMILES string of the molecule is COC(=O)[C@H]1C[C@H](Oc2ccccc2F)CN1C(=O)Cc1cccs1. The Morgan fingerprint density at radius 3 is 2.76 bits per heavy atom. The summed E-state index contributed by atoms with van der Waals surface area (Å²) in [5, 5.41) is 1.90. The average Bonchev–Trinajstić information content (AvgIpc) is 3.26. The monoisotopic (exact) mass is 363 g/mol. The molecule has 0 bridgehead atoms. The van der Waals surface area contributed by atoms with Crippen LogP contribution in [-0.4, -0.2) is 42.6 Å². The Bertz CT molecular complexity index is 749. The molecule has 25 heavy (non-hydrogen) atoms. The molecular weight excluding hydrogens is 345 g/mol. The number of rotatable bonds is 5. The van der Waals surface area contributed by atoms with E-state index in [1.807, 2.05) is 17.5 Å². The number of carbonyl (C=O) groups excluding carboxylic acids is 2. The molecule has 1 aliphatic rings. The lowest BCUT2D eigenvalue weighted by Crippen LogP contribution is -2.42. The van der Waals surface area contributed by atoms with Crippen LogP contribution < -0.4 is 4.74 Å². The zero-order valence-electron chi connectivity index (χ0n) is 13.7. The number of hydrogen-bond acceptors (Lipinski definition) is 5. The maximum Gasteiger partial charge on any atom is 0.328 e. The second-order valence-corrected chi connectivity index (χ2v) is 6.78. The van der Waals surface area contributed by atoms with Crippen LogP contribution in [0, 0.1) is 5.82 Å². The predicted molar refractivity (Wildman–Crippen MR) is 91.0 cm³/mol. The fourth-order valence-corrected chi connectivity index (χ4v) is 3.60. The summed E-state index contributed by atoms with van der Waals surface area (Å²) in [4.78, 5) is 27.0. The summed E-state index contributed by atoms with van der Waals surface area (Å²) in [5.74, 6) is -1.01. The second-order valence-electron chi connectivity index (χ2n) is 5.75. The molecule has 1 aliphatic heterocycles. The molecule has 132 valence electrons. The van der Waals surface area contributed by atoms with E-state index in [2.05, 4.69) is 0 Å². The van der Waals surface area contributed by atoms with Gasteiger partial charge in [0.15, 0.2) is 11.6 Å². The molecule has 7 heteroatoms. The number of nitrogens with zero attached hydrogens (tertiary/aromatic N) is 1. The third-order valence-corrected chi connectivity index (χ3v) is 4.97. The number of benzene rings is 1. The largest absolute Gasteiger partial charge is 0.485 e. The van der Waals surface area contributed by atoms with Crippen LogP contribution >= 0.6 is 11.3 Å². The molecule has 0 spiro atoms. The minimum atomic E-state index is -0.714. The van der Waals surface area contributed by atoms with Crippen molar-refractivity contribution >= 4 is 23.2 Å².